The molecule has 2 aromatic rings. The van der Waals surface area contributed by atoms with Crippen molar-refractivity contribution in [3.8, 4) is 6.07 Å². The van der Waals surface area contributed by atoms with E-state index >= 15 is 0 Å². The predicted octanol–water partition coefficient (Wildman–Crippen LogP) is 3.21. The van der Waals surface area contributed by atoms with Gasteiger partial charge in [-0.1, -0.05) is 24.3 Å². The average molecular weight is 363 g/mol. The number of nitrogens with zero attached hydrogens (tertiary/aromatic N) is 2. The number of benzene rings is 2. The number of nitriles is 1. The highest BCUT2D eigenvalue weighted by atomic mass is 16.2. The Hall–Kier alpha value is -3.04. The first-order valence-corrected chi connectivity index (χ1v) is 9.11. The minimum Gasteiger partial charge on any atom is -0.399 e. The minimum absolute atomic E-state index is 0.0951. The molecule has 0 radical (unpaired) electrons. The van der Waals surface area contributed by atoms with Crippen molar-refractivity contribution in [1.29, 1.82) is 5.26 Å². The molecule has 1 aliphatic heterocycles. The molecule has 6 nitrogen and oxygen atoms in total. The number of nitrogen functional groups attached to an aromatic ring is 1. The third-order valence-corrected chi connectivity index (χ3v) is 5.05. The lowest BCUT2D eigenvalue weighted by atomic mass is 9.83. The number of carbonyl (C=O) groups is 1. The molecule has 3 rings (SSSR count). The molecule has 6 heteroatoms. The lowest BCUT2D eigenvalue weighted by Gasteiger charge is -2.30. The summed E-state index contributed by atoms with van der Waals surface area (Å²) >= 11 is 0. The number of hydrogen-bond donors (Lipinski definition) is 3. The summed E-state index contributed by atoms with van der Waals surface area (Å²) in [6.45, 7) is 6.28. The fourth-order valence-electron chi connectivity index (χ4n) is 3.20. The van der Waals surface area contributed by atoms with E-state index in [0.717, 1.165) is 28.1 Å². The smallest absolute Gasteiger partial charge is 0.322 e. The van der Waals surface area contributed by atoms with Crippen LogP contribution in [0.3, 0.4) is 0 Å². The lowest BCUT2D eigenvalue weighted by Crippen LogP contribution is -2.39. The molecular weight excluding hydrogens is 338 g/mol. The van der Waals surface area contributed by atoms with Gasteiger partial charge >= 0.3 is 6.03 Å². The van der Waals surface area contributed by atoms with Crippen LogP contribution < -0.4 is 16.4 Å². The second-order valence-electron chi connectivity index (χ2n) is 7.11. The molecule has 1 unspecified atom stereocenters. The van der Waals surface area contributed by atoms with Crippen LogP contribution in [0.4, 0.5) is 16.2 Å². The van der Waals surface area contributed by atoms with E-state index in [1.165, 1.54) is 0 Å². The van der Waals surface area contributed by atoms with E-state index in [0.29, 0.717) is 26.2 Å². The number of nitrogens with one attached hydrogen (secondary N) is 2. The third kappa shape index (κ3) is 4.04. The first-order chi connectivity index (χ1) is 12.9. The Morgan fingerprint density at radius 3 is 2.70 bits per heavy atom. The SMILES string of the molecule is CCN1Cc2ccc(C(C)(C#N)CNCc3ccc(N)cc3)cc2NC1=O. The van der Waals surface area contributed by atoms with E-state index in [4.69, 9.17) is 5.73 Å². The van der Waals surface area contributed by atoms with Gasteiger partial charge in [0.05, 0.1) is 11.5 Å². The topological polar surface area (TPSA) is 94.2 Å². The van der Waals surface area contributed by atoms with Crippen molar-refractivity contribution in [2.45, 2.75) is 32.4 Å². The highest BCUT2D eigenvalue weighted by Gasteiger charge is 2.29. The van der Waals surface area contributed by atoms with Gasteiger partial charge in [0.1, 0.15) is 0 Å². The van der Waals surface area contributed by atoms with E-state index in [1.54, 1.807) is 4.90 Å². The van der Waals surface area contributed by atoms with Crippen molar-refractivity contribution in [3.05, 3.63) is 59.2 Å². The summed E-state index contributed by atoms with van der Waals surface area (Å²) in [5.41, 5.74) is 9.60. The molecule has 1 atom stereocenters. The van der Waals surface area contributed by atoms with Gasteiger partial charge in [0, 0.05) is 37.6 Å². The number of rotatable bonds is 6. The Balaban J connectivity index is 1.72. The zero-order chi connectivity index (χ0) is 19.4. The third-order valence-electron chi connectivity index (χ3n) is 5.05. The van der Waals surface area contributed by atoms with Crippen molar-refractivity contribution in [1.82, 2.24) is 10.2 Å². The number of nitrogens with two attached hydrogens (primary N) is 1. The van der Waals surface area contributed by atoms with E-state index in [2.05, 4.69) is 16.7 Å². The molecular formula is C21H25N5O. The summed E-state index contributed by atoms with van der Waals surface area (Å²) in [4.78, 5) is 13.8. The Morgan fingerprint density at radius 1 is 1.30 bits per heavy atom. The number of fused-ring (bicyclic) bond motifs is 1. The van der Waals surface area contributed by atoms with E-state index in [-0.39, 0.29) is 6.03 Å². The van der Waals surface area contributed by atoms with Crippen LogP contribution in [-0.4, -0.2) is 24.0 Å². The number of hydrogen-bond acceptors (Lipinski definition) is 4. The average Bonchev–Trinajstić information content (AvgIpc) is 2.68. The molecule has 2 aromatic carbocycles. The normalized spacial score (nSPS) is 15.4. The fraction of sp³-hybridized carbons (Fsp3) is 0.333. The molecule has 27 heavy (non-hydrogen) atoms. The zero-order valence-corrected chi connectivity index (χ0v) is 15.7. The first kappa shape index (κ1) is 18.7. The van der Waals surface area contributed by atoms with Gasteiger partial charge in [-0.15, -0.1) is 0 Å². The van der Waals surface area contributed by atoms with Gasteiger partial charge in [-0.25, -0.2) is 4.79 Å². The maximum atomic E-state index is 12.1. The summed E-state index contributed by atoms with van der Waals surface area (Å²) in [7, 11) is 0. The van der Waals surface area contributed by atoms with Crippen LogP contribution in [0.25, 0.3) is 0 Å². The van der Waals surface area contributed by atoms with Crippen LogP contribution in [0, 0.1) is 11.3 Å². The summed E-state index contributed by atoms with van der Waals surface area (Å²) < 4.78 is 0. The standard InChI is InChI=1S/C21H25N5O/c1-3-26-12-16-6-7-17(10-19(16)25-20(26)27)21(2,13-22)14-24-11-15-4-8-18(23)9-5-15/h4-10,24H,3,11-12,14,23H2,1-2H3,(H,25,27). The molecule has 0 fully saturated rings. The highest BCUT2D eigenvalue weighted by molar-refractivity contribution is 5.92. The summed E-state index contributed by atoms with van der Waals surface area (Å²) in [6.07, 6.45) is 0. The summed E-state index contributed by atoms with van der Waals surface area (Å²) in [5.74, 6) is 0. The van der Waals surface area contributed by atoms with Crippen LogP contribution >= 0.6 is 0 Å². The van der Waals surface area contributed by atoms with Crippen molar-refractivity contribution in [2.75, 3.05) is 24.1 Å². The Bertz CT molecular complexity index is 871. The van der Waals surface area contributed by atoms with Crippen molar-refractivity contribution in [2.24, 2.45) is 0 Å². The van der Waals surface area contributed by atoms with Crippen LogP contribution in [0.5, 0.6) is 0 Å². The van der Waals surface area contributed by atoms with E-state index in [9.17, 15) is 10.1 Å². The second kappa shape index (κ2) is 7.68. The van der Waals surface area contributed by atoms with Gasteiger partial charge in [0.25, 0.3) is 0 Å². The summed E-state index contributed by atoms with van der Waals surface area (Å²) in [6, 6.07) is 15.9. The molecule has 4 N–H and O–H groups in total. The quantitative estimate of drug-likeness (QED) is 0.687. The van der Waals surface area contributed by atoms with Crippen molar-refractivity contribution >= 4 is 17.4 Å². The van der Waals surface area contributed by atoms with E-state index < -0.39 is 5.41 Å². The number of amides is 2. The van der Waals surface area contributed by atoms with Crippen LogP contribution in [-0.2, 0) is 18.5 Å². The van der Waals surface area contributed by atoms with Gasteiger partial charge < -0.3 is 21.3 Å². The molecule has 0 aliphatic carbocycles. The maximum absolute atomic E-state index is 12.1. The zero-order valence-electron chi connectivity index (χ0n) is 15.7. The van der Waals surface area contributed by atoms with Crippen LogP contribution in [0.2, 0.25) is 0 Å². The van der Waals surface area contributed by atoms with Gasteiger partial charge in [-0.05, 0) is 48.7 Å². The molecule has 0 bridgehead atoms. The minimum atomic E-state index is -0.699. The highest BCUT2D eigenvalue weighted by Crippen LogP contribution is 2.30. The molecule has 0 saturated carbocycles. The Kier molecular flexibility index (Phi) is 5.33. The largest absolute Gasteiger partial charge is 0.399 e. The second-order valence-corrected chi connectivity index (χ2v) is 7.11. The van der Waals surface area contributed by atoms with Gasteiger partial charge in [0.15, 0.2) is 0 Å². The summed E-state index contributed by atoms with van der Waals surface area (Å²) in [5, 5.41) is 16.1. The molecule has 0 spiro atoms. The van der Waals surface area contributed by atoms with E-state index in [1.807, 2.05) is 56.3 Å². The maximum Gasteiger partial charge on any atom is 0.322 e. The first-order valence-electron chi connectivity index (χ1n) is 9.11. The molecule has 0 saturated heterocycles. The monoisotopic (exact) mass is 363 g/mol. The number of carbonyl (C=O) groups excluding carboxylic acids is 1. The van der Waals surface area contributed by atoms with Gasteiger partial charge in [-0.3, -0.25) is 0 Å². The molecule has 0 aromatic heterocycles. The van der Waals surface area contributed by atoms with Crippen LogP contribution in [0.1, 0.15) is 30.5 Å². The van der Waals surface area contributed by atoms with Crippen LogP contribution in [0.15, 0.2) is 42.5 Å². The number of anilines is 2. The molecule has 2 amide bonds. The molecule has 140 valence electrons. The lowest BCUT2D eigenvalue weighted by molar-refractivity contribution is 0.210. The Labute approximate surface area is 160 Å². The van der Waals surface area contributed by atoms with Gasteiger partial charge in [-0.2, -0.15) is 5.26 Å². The molecule has 1 aliphatic rings. The Morgan fingerprint density at radius 2 is 2.04 bits per heavy atom. The van der Waals surface area contributed by atoms with Crippen molar-refractivity contribution in [3.63, 3.8) is 0 Å². The molecule has 1 heterocycles. The van der Waals surface area contributed by atoms with Crippen molar-refractivity contribution < 1.29 is 4.79 Å². The fourth-order valence-corrected chi connectivity index (χ4v) is 3.20. The van der Waals surface area contributed by atoms with Gasteiger partial charge in [0.2, 0.25) is 0 Å². The predicted molar refractivity (Wildman–Crippen MR) is 107 cm³/mol. The number of urea groups is 1.